The molecule has 6 aliphatic rings. The van der Waals surface area contributed by atoms with E-state index < -0.39 is 0 Å². The smallest absolute Gasteiger partial charge is 0.0629 e. The Kier molecular flexibility index (Phi) is 7.95. The highest BCUT2D eigenvalue weighted by molar-refractivity contribution is 6.09. The molecule has 0 fully saturated rings. The first-order valence-electron chi connectivity index (χ1n) is 23.3. The summed E-state index contributed by atoms with van der Waals surface area (Å²) in [5.74, 6) is 1.67. The molecule has 4 aliphatic carbocycles. The number of nitrogens with zero attached hydrogens (tertiary/aromatic N) is 3. The molecule has 0 spiro atoms. The lowest BCUT2D eigenvalue weighted by atomic mass is 9.79. The SMILES string of the molecule is C1=CC2c3ccccc3C(c3cc(-c4cc(N5c6ccccc6C6C=CC=CC65)cc(N5c6ccccc6C6CCC=CC65)c4)cc(-n4c5ccccc5c5ccccc54)c3)C2C=C1. The first-order chi connectivity index (χ1) is 31.8. The van der Waals surface area contributed by atoms with Gasteiger partial charge in [0.2, 0.25) is 0 Å². The van der Waals surface area contributed by atoms with Gasteiger partial charge in [-0.2, -0.15) is 0 Å². The fraction of sp³-hybridized carbons (Fsp3) is 0.148. The van der Waals surface area contributed by atoms with Gasteiger partial charge < -0.3 is 14.4 Å². The van der Waals surface area contributed by atoms with E-state index in [2.05, 4.69) is 233 Å². The molecule has 7 aromatic carbocycles. The quantitative estimate of drug-likeness (QED) is 0.160. The summed E-state index contributed by atoms with van der Waals surface area (Å²) in [6.07, 6.45) is 25.9. The molecule has 0 saturated heterocycles. The Morgan fingerprint density at radius 3 is 1.78 bits per heavy atom. The molecule has 1 aromatic heterocycles. The molecule has 7 unspecified atom stereocenters. The van der Waals surface area contributed by atoms with Gasteiger partial charge in [-0.15, -0.1) is 0 Å². The van der Waals surface area contributed by atoms with Crippen LogP contribution in [0, 0.1) is 5.92 Å². The van der Waals surface area contributed by atoms with E-state index in [1.165, 1.54) is 95.6 Å². The van der Waals surface area contributed by atoms with Crippen LogP contribution in [0.3, 0.4) is 0 Å². The number of anilines is 4. The number of aromatic nitrogens is 1. The minimum atomic E-state index is 0.191. The van der Waals surface area contributed by atoms with E-state index in [-0.39, 0.29) is 18.0 Å². The van der Waals surface area contributed by atoms with Crippen molar-refractivity contribution in [3.05, 3.63) is 246 Å². The van der Waals surface area contributed by atoms with Crippen molar-refractivity contribution in [2.75, 3.05) is 9.80 Å². The van der Waals surface area contributed by atoms with Crippen LogP contribution in [0.4, 0.5) is 22.7 Å². The van der Waals surface area contributed by atoms with E-state index in [1.807, 2.05) is 0 Å². The van der Waals surface area contributed by atoms with E-state index in [0.29, 0.717) is 23.7 Å². The molecule has 2 aliphatic heterocycles. The lowest BCUT2D eigenvalue weighted by molar-refractivity contribution is 0.567. The maximum atomic E-state index is 2.66. The van der Waals surface area contributed by atoms with Crippen LogP contribution in [0.2, 0.25) is 0 Å². The minimum Gasteiger partial charge on any atom is -0.334 e. The van der Waals surface area contributed by atoms with Gasteiger partial charge in [-0.1, -0.05) is 164 Å². The largest absolute Gasteiger partial charge is 0.334 e. The van der Waals surface area contributed by atoms with Gasteiger partial charge in [0, 0.05) is 62.9 Å². The fourth-order valence-corrected chi connectivity index (χ4v) is 12.8. The minimum absolute atomic E-state index is 0.191. The van der Waals surface area contributed by atoms with Gasteiger partial charge in [-0.25, -0.2) is 0 Å². The molecule has 0 N–H and O–H groups in total. The number of allylic oxidation sites excluding steroid dienone is 7. The highest BCUT2D eigenvalue weighted by Gasteiger charge is 2.42. The number of benzene rings is 7. The Balaban J connectivity index is 1.04. The number of rotatable bonds is 5. The van der Waals surface area contributed by atoms with E-state index in [9.17, 15) is 0 Å². The van der Waals surface area contributed by atoms with Gasteiger partial charge in [0.15, 0.2) is 0 Å². The lowest BCUT2D eigenvalue weighted by Gasteiger charge is -2.33. The summed E-state index contributed by atoms with van der Waals surface area (Å²) >= 11 is 0. The van der Waals surface area contributed by atoms with E-state index in [4.69, 9.17) is 0 Å². The molecule has 0 saturated carbocycles. The molecule has 64 heavy (non-hydrogen) atoms. The molecule has 8 aromatic rings. The topological polar surface area (TPSA) is 11.4 Å². The Morgan fingerprint density at radius 2 is 1.00 bits per heavy atom. The molecule has 3 nitrogen and oxygen atoms in total. The highest BCUT2D eigenvalue weighted by atomic mass is 15.2. The second-order valence-electron chi connectivity index (χ2n) is 18.6. The zero-order valence-corrected chi connectivity index (χ0v) is 35.6. The van der Waals surface area contributed by atoms with Crippen molar-refractivity contribution in [3.63, 3.8) is 0 Å². The van der Waals surface area contributed by atoms with Crippen LogP contribution in [-0.4, -0.2) is 16.7 Å². The Bertz CT molecular complexity index is 3300. The van der Waals surface area contributed by atoms with Crippen molar-refractivity contribution in [1.29, 1.82) is 0 Å². The van der Waals surface area contributed by atoms with E-state index >= 15 is 0 Å². The predicted molar refractivity (Wildman–Crippen MR) is 266 cm³/mol. The third-order valence-electron chi connectivity index (χ3n) is 15.4. The molecule has 0 radical (unpaired) electrons. The number of para-hydroxylation sites is 4. The van der Waals surface area contributed by atoms with Crippen molar-refractivity contribution >= 4 is 44.6 Å². The van der Waals surface area contributed by atoms with Crippen molar-refractivity contribution in [3.8, 4) is 16.8 Å². The van der Waals surface area contributed by atoms with Gasteiger partial charge in [0.05, 0.1) is 23.1 Å². The second kappa shape index (κ2) is 14.1. The van der Waals surface area contributed by atoms with Gasteiger partial charge in [-0.05, 0) is 112 Å². The fourth-order valence-electron chi connectivity index (χ4n) is 12.8. The van der Waals surface area contributed by atoms with Crippen molar-refractivity contribution in [1.82, 2.24) is 4.57 Å². The maximum absolute atomic E-state index is 2.66. The van der Waals surface area contributed by atoms with Gasteiger partial charge in [0.1, 0.15) is 0 Å². The summed E-state index contributed by atoms with van der Waals surface area (Å²) < 4.78 is 2.52. The van der Waals surface area contributed by atoms with Crippen molar-refractivity contribution in [2.45, 2.75) is 48.6 Å². The Morgan fingerprint density at radius 1 is 0.422 bits per heavy atom. The average molecular weight is 822 g/mol. The zero-order valence-electron chi connectivity index (χ0n) is 35.6. The molecule has 0 bridgehead atoms. The van der Waals surface area contributed by atoms with Gasteiger partial charge >= 0.3 is 0 Å². The molecule has 0 amide bonds. The first kappa shape index (κ1) is 36.2. The average Bonchev–Trinajstić information content (AvgIpc) is 4.09. The van der Waals surface area contributed by atoms with Crippen LogP contribution in [0.15, 0.2) is 218 Å². The standard InChI is InChI=1S/C61H47N3/c1-3-25-53-45(17-1)46-18-2-4-26-54(46)61(53)41-33-39(34-42(37-41)62-55-27-11-5-19-47(55)48-20-6-12-28-56(48)62)40-35-43(63-57-29-13-7-21-49(57)50-22-8-14-30-58(50)63)38-44(36-40)64-59-31-15-9-23-51(59)52-24-10-16-32-60(52)64/h1-9,11-23,25-38,45,49,52-53,57,60-61H,10,24H2. The number of hydrogen-bond acceptors (Lipinski definition) is 2. The van der Waals surface area contributed by atoms with Crippen LogP contribution in [0.1, 0.15) is 64.3 Å². The van der Waals surface area contributed by atoms with Crippen LogP contribution in [0.5, 0.6) is 0 Å². The third-order valence-corrected chi connectivity index (χ3v) is 15.4. The Hall–Kier alpha value is -7.36. The summed E-state index contributed by atoms with van der Waals surface area (Å²) in [6, 6.07) is 60.8. The monoisotopic (exact) mass is 821 g/mol. The summed E-state index contributed by atoms with van der Waals surface area (Å²) in [4.78, 5) is 5.28. The molecule has 306 valence electrons. The Labute approximate surface area is 374 Å². The molecule has 3 heterocycles. The summed E-state index contributed by atoms with van der Waals surface area (Å²) in [5.41, 5.74) is 18.3. The molecular formula is C61H47N3. The van der Waals surface area contributed by atoms with Crippen LogP contribution in [-0.2, 0) is 0 Å². The van der Waals surface area contributed by atoms with Crippen LogP contribution < -0.4 is 9.80 Å². The van der Waals surface area contributed by atoms with Crippen molar-refractivity contribution < 1.29 is 0 Å². The lowest BCUT2D eigenvalue weighted by Crippen LogP contribution is -2.31. The van der Waals surface area contributed by atoms with Gasteiger partial charge in [0.25, 0.3) is 0 Å². The molecule has 14 rings (SSSR count). The maximum Gasteiger partial charge on any atom is 0.0629 e. The predicted octanol–water partition coefficient (Wildman–Crippen LogP) is 15.1. The summed E-state index contributed by atoms with van der Waals surface area (Å²) in [5, 5.41) is 2.56. The summed E-state index contributed by atoms with van der Waals surface area (Å²) in [6.45, 7) is 0. The molecular weight excluding hydrogens is 775 g/mol. The van der Waals surface area contributed by atoms with Gasteiger partial charge in [-0.3, -0.25) is 0 Å². The van der Waals surface area contributed by atoms with E-state index in [1.54, 1.807) is 0 Å². The summed E-state index contributed by atoms with van der Waals surface area (Å²) in [7, 11) is 0. The first-order valence-corrected chi connectivity index (χ1v) is 23.3. The van der Waals surface area contributed by atoms with E-state index in [0.717, 1.165) is 6.42 Å². The second-order valence-corrected chi connectivity index (χ2v) is 18.6. The molecule has 7 atom stereocenters. The highest BCUT2D eigenvalue weighted by Crippen LogP contribution is 2.55. The third kappa shape index (κ3) is 5.27. The van der Waals surface area contributed by atoms with Crippen LogP contribution in [0.25, 0.3) is 38.6 Å². The normalized spacial score (nSPS) is 24.2. The number of fused-ring (bicyclic) bond motifs is 12. The van der Waals surface area contributed by atoms with Crippen molar-refractivity contribution in [2.24, 2.45) is 5.92 Å². The zero-order chi connectivity index (χ0) is 41.9. The molecule has 3 heteroatoms. The van der Waals surface area contributed by atoms with Crippen LogP contribution >= 0.6 is 0 Å². The number of hydrogen-bond donors (Lipinski definition) is 0.